The molecule has 0 aliphatic rings. The number of halogens is 4. The molecular weight excluding hydrogens is 356 g/mol. The van der Waals surface area contributed by atoms with Gasteiger partial charge in [0.1, 0.15) is 11.6 Å². The van der Waals surface area contributed by atoms with Crippen LogP contribution in [0, 0.1) is 12.7 Å². The van der Waals surface area contributed by atoms with Crippen LogP contribution in [0.15, 0.2) is 28.7 Å². The Morgan fingerprint density at radius 1 is 1.37 bits per heavy atom. The van der Waals surface area contributed by atoms with Crippen LogP contribution in [0.4, 0.5) is 4.39 Å². The topological polar surface area (TPSA) is 22.1 Å². The van der Waals surface area contributed by atoms with Crippen molar-refractivity contribution in [1.82, 2.24) is 4.98 Å². The summed E-state index contributed by atoms with van der Waals surface area (Å²) in [5.74, 6) is 0.522. The van der Waals surface area contributed by atoms with Gasteiger partial charge in [0.2, 0.25) is 5.88 Å². The van der Waals surface area contributed by atoms with E-state index in [-0.39, 0.29) is 5.02 Å². The molecule has 0 bridgehead atoms. The Balaban J connectivity index is 2.31. The molecule has 0 amide bonds. The molecule has 1 aromatic carbocycles. The maximum atomic E-state index is 13.4. The number of benzene rings is 1. The summed E-state index contributed by atoms with van der Waals surface area (Å²) in [6.45, 7) is 1.84. The van der Waals surface area contributed by atoms with Crippen molar-refractivity contribution in [2.75, 3.05) is 0 Å². The number of rotatable bonds is 3. The molecule has 100 valence electrons. The van der Waals surface area contributed by atoms with Crippen molar-refractivity contribution in [3.05, 3.63) is 50.8 Å². The van der Waals surface area contributed by atoms with Gasteiger partial charge in [0, 0.05) is 23.7 Å². The maximum absolute atomic E-state index is 13.4. The molecule has 1 heterocycles. The second-order valence-corrected chi connectivity index (χ2v) is 5.36. The van der Waals surface area contributed by atoms with Gasteiger partial charge in [-0.3, -0.25) is 0 Å². The minimum Gasteiger partial charge on any atom is -0.438 e. The predicted octanol–water partition coefficient (Wildman–Crippen LogP) is 5.48. The molecule has 0 unspecified atom stereocenters. The molecule has 0 N–H and O–H groups in total. The highest BCUT2D eigenvalue weighted by molar-refractivity contribution is 9.10. The van der Waals surface area contributed by atoms with Crippen LogP contribution in [0.5, 0.6) is 11.6 Å². The maximum Gasteiger partial charge on any atom is 0.219 e. The molecule has 0 saturated heterocycles. The van der Waals surface area contributed by atoms with Gasteiger partial charge in [-0.15, -0.1) is 11.6 Å². The first kappa shape index (κ1) is 14.6. The van der Waals surface area contributed by atoms with Crippen molar-refractivity contribution in [3.63, 3.8) is 0 Å². The Hall–Kier alpha value is -0.840. The van der Waals surface area contributed by atoms with Crippen LogP contribution in [0.25, 0.3) is 0 Å². The number of aromatic nitrogens is 1. The van der Waals surface area contributed by atoms with E-state index in [1.54, 1.807) is 6.07 Å². The van der Waals surface area contributed by atoms with Gasteiger partial charge in [0.25, 0.3) is 0 Å². The van der Waals surface area contributed by atoms with E-state index in [4.69, 9.17) is 27.9 Å². The average molecular weight is 365 g/mol. The van der Waals surface area contributed by atoms with Crippen molar-refractivity contribution in [3.8, 4) is 11.6 Å². The van der Waals surface area contributed by atoms with Gasteiger partial charge in [-0.05, 0) is 34.5 Å². The van der Waals surface area contributed by atoms with Crippen molar-refractivity contribution < 1.29 is 9.13 Å². The van der Waals surface area contributed by atoms with Crippen LogP contribution in [-0.2, 0) is 5.88 Å². The summed E-state index contributed by atoms with van der Waals surface area (Å²) >= 11 is 14.7. The van der Waals surface area contributed by atoms with Gasteiger partial charge < -0.3 is 4.74 Å². The van der Waals surface area contributed by atoms with Gasteiger partial charge >= 0.3 is 0 Å². The quantitative estimate of drug-likeness (QED) is 0.531. The van der Waals surface area contributed by atoms with E-state index in [9.17, 15) is 4.39 Å². The Labute approximate surface area is 128 Å². The first-order valence-corrected chi connectivity index (χ1v) is 7.06. The highest BCUT2D eigenvalue weighted by Crippen LogP contribution is 2.33. The third-order valence-electron chi connectivity index (χ3n) is 2.50. The molecule has 0 radical (unpaired) electrons. The number of hydrogen-bond donors (Lipinski definition) is 0. The fourth-order valence-electron chi connectivity index (χ4n) is 1.46. The second-order valence-electron chi connectivity index (χ2n) is 3.83. The molecule has 0 spiro atoms. The van der Waals surface area contributed by atoms with E-state index in [1.165, 1.54) is 12.1 Å². The number of alkyl halides is 1. The normalized spacial score (nSPS) is 10.6. The molecule has 2 nitrogen and oxygen atoms in total. The van der Waals surface area contributed by atoms with Crippen molar-refractivity contribution >= 4 is 39.1 Å². The summed E-state index contributed by atoms with van der Waals surface area (Å²) in [6.07, 6.45) is 0. The van der Waals surface area contributed by atoms with Gasteiger partial charge in [-0.2, -0.15) is 0 Å². The van der Waals surface area contributed by atoms with E-state index in [1.807, 2.05) is 13.0 Å². The van der Waals surface area contributed by atoms with Crippen LogP contribution >= 0.6 is 39.1 Å². The highest BCUT2D eigenvalue weighted by Gasteiger charge is 2.10. The first-order valence-electron chi connectivity index (χ1n) is 5.36. The minimum absolute atomic E-state index is 0.0286. The summed E-state index contributed by atoms with van der Waals surface area (Å²) in [4.78, 5) is 4.25. The monoisotopic (exact) mass is 363 g/mol. The number of aryl methyl sites for hydroxylation is 1. The lowest BCUT2D eigenvalue weighted by Crippen LogP contribution is -1.95. The molecule has 0 fully saturated rings. The van der Waals surface area contributed by atoms with Crippen LogP contribution in [0.2, 0.25) is 5.02 Å². The lowest BCUT2D eigenvalue weighted by molar-refractivity contribution is 0.453. The number of hydrogen-bond acceptors (Lipinski definition) is 2. The standard InChI is InChI=1S/C13H9BrCl2FNO/c1-7-8(6-15)2-3-13(18-7)19-12-5-11(17)10(16)4-9(12)14/h2-5H,6H2,1H3. The molecule has 2 rings (SSSR count). The first-order chi connectivity index (χ1) is 9.01. The van der Waals surface area contributed by atoms with Crippen LogP contribution in [0.1, 0.15) is 11.3 Å². The SMILES string of the molecule is Cc1nc(Oc2cc(F)c(Cl)cc2Br)ccc1CCl. The van der Waals surface area contributed by atoms with E-state index in [2.05, 4.69) is 20.9 Å². The van der Waals surface area contributed by atoms with E-state index in [0.29, 0.717) is 22.0 Å². The number of ether oxygens (including phenoxy) is 1. The number of nitrogens with zero attached hydrogens (tertiary/aromatic N) is 1. The minimum atomic E-state index is -0.547. The molecule has 19 heavy (non-hydrogen) atoms. The Kier molecular flexibility index (Phi) is 4.66. The Bertz CT molecular complexity index is 622. The zero-order valence-corrected chi connectivity index (χ0v) is 13.0. The molecule has 2 aromatic rings. The fourth-order valence-corrected chi connectivity index (χ4v) is 2.46. The highest BCUT2D eigenvalue weighted by atomic mass is 79.9. The number of pyridine rings is 1. The van der Waals surface area contributed by atoms with Crippen LogP contribution in [-0.4, -0.2) is 4.98 Å². The van der Waals surface area contributed by atoms with Crippen LogP contribution < -0.4 is 4.74 Å². The zero-order chi connectivity index (χ0) is 14.0. The van der Waals surface area contributed by atoms with Crippen LogP contribution in [0.3, 0.4) is 0 Å². The summed E-state index contributed by atoms with van der Waals surface area (Å²) in [5.41, 5.74) is 1.70. The van der Waals surface area contributed by atoms with E-state index in [0.717, 1.165) is 11.3 Å². The fraction of sp³-hybridized carbons (Fsp3) is 0.154. The zero-order valence-electron chi connectivity index (χ0n) is 9.88. The van der Waals surface area contributed by atoms with E-state index >= 15 is 0 Å². The Morgan fingerprint density at radius 2 is 2.11 bits per heavy atom. The summed E-state index contributed by atoms with van der Waals surface area (Å²) in [7, 11) is 0. The Morgan fingerprint density at radius 3 is 2.74 bits per heavy atom. The lowest BCUT2D eigenvalue weighted by Gasteiger charge is -2.09. The second kappa shape index (κ2) is 6.07. The molecule has 1 aromatic heterocycles. The summed E-state index contributed by atoms with van der Waals surface area (Å²) in [6, 6.07) is 6.15. The van der Waals surface area contributed by atoms with Gasteiger partial charge in [0.15, 0.2) is 0 Å². The smallest absolute Gasteiger partial charge is 0.219 e. The molecule has 0 saturated carbocycles. The van der Waals surface area contributed by atoms with Gasteiger partial charge in [-0.25, -0.2) is 9.37 Å². The molecule has 6 heteroatoms. The van der Waals surface area contributed by atoms with Crippen molar-refractivity contribution in [2.24, 2.45) is 0 Å². The largest absolute Gasteiger partial charge is 0.438 e. The van der Waals surface area contributed by atoms with Crippen molar-refractivity contribution in [2.45, 2.75) is 12.8 Å². The third kappa shape index (κ3) is 3.38. The lowest BCUT2D eigenvalue weighted by atomic mass is 10.2. The molecule has 0 atom stereocenters. The average Bonchev–Trinajstić information content (AvgIpc) is 2.36. The summed E-state index contributed by atoms with van der Waals surface area (Å²) < 4.78 is 19.5. The molecule has 0 aliphatic carbocycles. The summed E-state index contributed by atoms with van der Waals surface area (Å²) in [5, 5.41) is 0.0286. The van der Waals surface area contributed by atoms with Gasteiger partial charge in [-0.1, -0.05) is 17.7 Å². The molecule has 0 aliphatic heterocycles. The van der Waals surface area contributed by atoms with Gasteiger partial charge in [0.05, 0.1) is 9.50 Å². The molecular formula is C13H9BrCl2FNO. The van der Waals surface area contributed by atoms with E-state index < -0.39 is 5.82 Å². The van der Waals surface area contributed by atoms with Crippen molar-refractivity contribution in [1.29, 1.82) is 0 Å². The third-order valence-corrected chi connectivity index (χ3v) is 3.70. The predicted molar refractivity (Wildman–Crippen MR) is 77.7 cm³/mol.